The highest BCUT2D eigenvalue weighted by molar-refractivity contribution is 4.99. The minimum atomic E-state index is 0.695. The van der Waals surface area contributed by atoms with Crippen molar-refractivity contribution in [2.75, 3.05) is 6.54 Å². The molecule has 2 atom stereocenters. The zero-order valence-electron chi connectivity index (χ0n) is 11.9. The van der Waals surface area contributed by atoms with Gasteiger partial charge >= 0.3 is 0 Å². The molecule has 19 heavy (non-hydrogen) atoms. The Morgan fingerprint density at radius 2 is 2.05 bits per heavy atom. The Kier molecular flexibility index (Phi) is 3.84. The molecule has 2 unspecified atom stereocenters. The molecule has 0 aliphatic carbocycles. The molecule has 5 nitrogen and oxygen atoms in total. The highest BCUT2D eigenvalue weighted by atomic mass is 16.5. The lowest BCUT2D eigenvalue weighted by atomic mass is 9.97. The molecule has 5 heteroatoms. The van der Waals surface area contributed by atoms with Crippen molar-refractivity contribution in [1.29, 1.82) is 0 Å². The number of hydrogen-bond acceptors (Lipinski definition) is 5. The van der Waals surface area contributed by atoms with Gasteiger partial charge in [0, 0.05) is 18.1 Å². The van der Waals surface area contributed by atoms with Gasteiger partial charge in [-0.25, -0.2) is 0 Å². The van der Waals surface area contributed by atoms with E-state index in [1.165, 1.54) is 32.1 Å². The molecule has 0 amide bonds. The number of aryl methyl sites for hydroxylation is 1. The van der Waals surface area contributed by atoms with Crippen LogP contribution in [0.25, 0.3) is 0 Å². The second kappa shape index (κ2) is 5.59. The maximum absolute atomic E-state index is 5.26. The van der Waals surface area contributed by atoms with Crippen LogP contribution >= 0.6 is 0 Å². The fourth-order valence-electron chi connectivity index (χ4n) is 3.61. The zero-order chi connectivity index (χ0) is 13.2. The van der Waals surface area contributed by atoms with Gasteiger partial charge in [0.25, 0.3) is 0 Å². The number of hydrogen-bond donors (Lipinski definition) is 1. The molecule has 2 aliphatic heterocycles. The van der Waals surface area contributed by atoms with Gasteiger partial charge in [0.15, 0.2) is 5.82 Å². The minimum absolute atomic E-state index is 0.695. The first kappa shape index (κ1) is 13.1. The quantitative estimate of drug-likeness (QED) is 0.880. The molecule has 0 aromatic carbocycles. The lowest BCUT2D eigenvalue weighted by Crippen LogP contribution is -2.48. The van der Waals surface area contributed by atoms with Crippen LogP contribution in [0.15, 0.2) is 4.52 Å². The molecule has 2 aliphatic rings. The highest BCUT2D eigenvalue weighted by Gasteiger charge is 2.40. The van der Waals surface area contributed by atoms with Gasteiger partial charge in [-0.15, -0.1) is 0 Å². The molecule has 0 radical (unpaired) electrons. The van der Waals surface area contributed by atoms with Crippen molar-refractivity contribution in [3.63, 3.8) is 0 Å². The summed E-state index contributed by atoms with van der Waals surface area (Å²) in [4.78, 5) is 6.92. The number of rotatable bonds is 5. The van der Waals surface area contributed by atoms with Gasteiger partial charge in [0.1, 0.15) is 0 Å². The summed E-state index contributed by atoms with van der Waals surface area (Å²) in [5.74, 6) is 1.51. The monoisotopic (exact) mass is 264 g/mol. The molecule has 2 bridgehead atoms. The van der Waals surface area contributed by atoms with Crippen LogP contribution in [0.1, 0.15) is 50.7 Å². The predicted molar refractivity (Wildman–Crippen MR) is 72.7 cm³/mol. The number of nitrogens with one attached hydrogen (secondary N) is 1. The molecule has 3 heterocycles. The van der Waals surface area contributed by atoms with Crippen LogP contribution in [0.3, 0.4) is 0 Å². The van der Waals surface area contributed by atoms with E-state index in [0.717, 1.165) is 24.8 Å². The molecular weight excluding hydrogens is 240 g/mol. The minimum Gasteiger partial charge on any atom is -0.338 e. The summed E-state index contributed by atoms with van der Waals surface area (Å²) in [6.45, 7) is 6.08. The molecule has 0 spiro atoms. The summed E-state index contributed by atoms with van der Waals surface area (Å²) in [6, 6.07) is 2.10. The third-order valence-electron chi connectivity index (χ3n) is 4.45. The number of nitrogens with zero attached hydrogens (tertiary/aromatic N) is 3. The lowest BCUT2D eigenvalue weighted by molar-refractivity contribution is 0.0963. The van der Waals surface area contributed by atoms with Crippen molar-refractivity contribution >= 4 is 0 Å². The first-order valence-electron chi connectivity index (χ1n) is 7.54. The van der Waals surface area contributed by atoms with Gasteiger partial charge in [0.05, 0.1) is 6.54 Å². The molecule has 106 valence electrons. The van der Waals surface area contributed by atoms with Crippen molar-refractivity contribution in [3.05, 3.63) is 11.7 Å². The molecule has 1 aromatic heterocycles. The third-order valence-corrected chi connectivity index (χ3v) is 4.45. The van der Waals surface area contributed by atoms with E-state index >= 15 is 0 Å². The van der Waals surface area contributed by atoms with E-state index in [4.69, 9.17) is 4.52 Å². The molecule has 2 fully saturated rings. The smallest absolute Gasteiger partial charge is 0.240 e. The van der Waals surface area contributed by atoms with Gasteiger partial charge in [-0.05, 0) is 45.6 Å². The summed E-state index contributed by atoms with van der Waals surface area (Å²) in [7, 11) is 0. The maximum atomic E-state index is 5.26. The van der Waals surface area contributed by atoms with E-state index in [2.05, 4.69) is 27.3 Å². The van der Waals surface area contributed by atoms with Crippen molar-refractivity contribution < 1.29 is 4.52 Å². The fraction of sp³-hybridized carbons (Fsp3) is 0.857. The second-order valence-electron chi connectivity index (χ2n) is 5.92. The van der Waals surface area contributed by atoms with Crippen LogP contribution in [0.5, 0.6) is 0 Å². The second-order valence-corrected chi connectivity index (χ2v) is 5.92. The Hall–Kier alpha value is -0.940. The van der Waals surface area contributed by atoms with E-state index in [0.29, 0.717) is 18.1 Å². The van der Waals surface area contributed by atoms with Crippen molar-refractivity contribution in [2.45, 2.75) is 70.6 Å². The number of fused-ring (bicyclic) bond motifs is 2. The molecule has 2 saturated heterocycles. The maximum Gasteiger partial charge on any atom is 0.240 e. The van der Waals surface area contributed by atoms with E-state index in [-0.39, 0.29) is 0 Å². The topological polar surface area (TPSA) is 54.2 Å². The molecule has 0 saturated carbocycles. The summed E-state index contributed by atoms with van der Waals surface area (Å²) < 4.78 is 5.26. The Morgan fingerprint density at radius 3 is 2.63 bits per heavy atom. The lowest BCUT2D eigenvalue weighted by Gasteiger charge is -2.38. The van der Waals surface area contributed by atoms with E-state index in [9.17, 15) is 0 Å². The first-order valence-corrected chi connectivity index (χ1v) is 7.54. The highest BCUT2D eigenvalue weighted by Crippen LogP contribution is 2.36. The Bertz CT molecular complexity index is 405. The average Bonchev–Trinajstić information content (AvgIpc) is 2.89. The van der Waals surface area contributed by atoms with Crippen molar-refractivity contribution in [1.82, 2.24) is 20.4 Å². The summed E-state index contributed by atoms with van der Waals surface area (Å²) >= 11 is 0. The van der Waals surface area contributed by atoms with Gasteiger partial charge in [-0.2, -0.15) is 4.98 Å². The average molecular weight is 264 g/mol. The van der Waals surface area contributed by atoms with Gasteiger partial charge < -0.3 is 9.84 Å². The number of aromatic nitrogens is 2. The van der Waals surface area contributed by atoms with Crippen LogP contribution in [-0.2, 0) is 6.54 Å². The van der Waals surface area contributed by atoms with Crippen molar-refractivity contribution in [2.24, 2.45) is 0 Å². The normalized spacial score (nSPS) is 30.9. The Morgan fingerprint density at radius 1 is 1.32 bits per heavy atom. The SMILES string of the molecule is CCCNC1CC2CCC(C1)N2Cc1nc(C)no1. The Balaban J connectivity index is 1.60. The van der Waals surface area contributed by atoms with Crippen LogP contribution in [0.4, 0.5) is 0 Å². The fourth-order valence-corrected chi connectivity index (χ4v) is 3.61. The van der Waals surface area contributed by atoms with E-state index in [1.54, 1.807) is 0 Å². The van der Waals surface area contributed by atoms with Crippen LogP contribution in [0, 0.1) is 6.92 Å². The predicted octanol–water partition coefficient (Wildman–Crippen LogP) is 1.87. The van der Waals surface area contributed by atoms with Crippen LogP contribution in [-0.4, -0.2) is 39.7 Å². The van der Waals surface area contributed by atoms with Gasteiger partial charge in [0.2, 0.25) is 5.89 Å². The van der Waals surface area contributed by atoms with E-state index in [1.807, 2.05) is 6.92 Å². The summed E-state index contributed by atoms with van der Waals surface area (Å²) in [5, 5.41) is 7.57. The standard InChI is InChI=1S/C14H24N4O/c1-3-6-15-11-7-12-4-5-13(8-11)18(12)9-14-16-10(2)17-19-14/h11-13,15H,3-9H2,1-2H3. The van der Waals surface area contributed by atoms with Gasteiger partial charge in [-0.1, -0.05) is 12.1 Å². The first-order chi connectivity index (χ1) is 9.26. The Labute approximate surface area is 114 Å². The van der Waals surface area contributed by atoms with Crippen molar-refractivity contribution in [3.8, 4) is 0 Å². The number of piperidine rings is 1. The molecule has 3 rings (SSSR count). The van der Waals surface area contributed by atoms with Crippen LogP contribution < -0.4 is 5.32 Å². The van der Waals surface area contributed by atoms with E-state index < -0.39 is 0 Å². The zero-order valence-corrected chi connectivity index (χ0v) is 11.9. The van der Waals surface area contributed by atoms with Gasteiger partial charge in [-0.3, -0.25) is 4.90 Å². The third kappa shape index (κ3) is 2.82. The largest absolute Gasteiger partial charge is 0.338 e. The summed E-state index contributed by atoms with van der Waals surface area (Å²) in [5.41, 5.74) is 0. The molecule has 1 N–H and O–H groups in total. The summed E-state index contributed by atoms with van der Waals surface area (Å²) in [6.07, 6.45) is 6.40. The van der Waals surface area contributed by atoms with Crippen LogP contribution in [0.2, 0.25) is 0 Å². The molecular formula is C14H24N4O. The molecule has 1 aromatic rings.